The van der Waals surface area contributed by atoms with Crippen LogP contribution in [0.2, 0.25) is 0 Å². The molecule has 7 nitrogen and oxygen atoms in total. The Kier molecular flexibility index (Phi) is 4.79. The molecule has 0 aliphatic rings. The zero-order chi connectivity index (χ0) is 20.7. The molecule has 29 heavy (non-hydrogen) atoms. The maximum atomic E-state index is 13.0. The summed E-state index contributed by atoms with van der Waals surface area (Å²) in [6, 6.07) is 10.4. The van der Waals surface area contributed by atoms with Crippen LogP contribution in [-0.4, -0.2) is 25.2 Å². The van der Waals surface area contributed by atoms with Gasteiger partial charge in [-0.1, -0.05) is 18.2 Å². The van der Waals surface area contributed by atoms with Gasteiger partial charge in [0, 0.05) is 16.8 Å². The fraction of sp³-hybridized carbons (Fsp3) is 0.238. The monoisotopic (exact) mass is 407 g/mol. The Morgan fingerprint density at radius 3 is 2.55 bits per heavy atom. The van der Waals surface area contributed by atoms with Crippen molar-refractivity contribution >= 4 is 33.4 Å². The number of aryl methyl sites for hydroxylation is 3. The molecule has 0 radical (unpaired) electrons. The number of nitrogens with zero attached hydrogens (tertiary/aromatic N) is 4. The molecule has 1 aromatic carbocycles. The third-order valence-corrected chi connectivity index (χ3v) is 5.73. The minimum atomic E-state index is -0.742. The molecule has 1 amide bonds. The molecule has 1 atom stereocenters. The summed E-state index contributed by atoms with van der Waals surface area (Å²) in [6.45, 7) is 7.38. The first kappa shape index (κ1) is 19.1. The molecule has 1 N–H and O–H groups in total. The van der Waals surface area contributed by atoms with Crippen molar-refractivity contribution in [2.75, 3.05) is 5.32 Å². The predicted molar refractivity (Wildman–Crippen MR) is 115 cm³/mol. The lowest BCUT2D eigenvalue weighted by molar-refractivity contribution is -0.118. The van der Waals surface area contributed by atoms with Gasteiger partial charge in [0.25, 0.3) is 5.56 Å². The van der Waals surface area contributed by atoms with Crippen molar-refractivity contribution in [3.63, 3.8) is 0 Å². The summed E-state index contributed by atoms with van der Waals surface area (Å²) in [5.74, 6) is -0.301. The first-order valence-electron chi connectivity index (χ1n) is 9.26. The van der Waals surface area contributed by atoms with Crippen LogP contribution < -0.4 is 10.9 Å². The Bertz CT molecular complexity index is 1270. The van der Waals surface area contributed by atoms with Crippen LogP contribution in [-0.2, 0) is 4.79 Å². The van der Waals surface area contributed by atoms with Crippen molar-refractivity contribution in [1.82, 2.24) is 19.3 Å². The summed E-state index contributed by atoms with van der Waals surface area (Å²) >= 11 is 1.36. The number of benzene rings is 1. The van der Waals surface area contributed by atoms with Crippen LogP contribution >= 0.6 is 11.3 Å². The molecule has 0 unspecified atom stereocenters. The van der Waals surface area contributed by atoms with Gasteiger partial charge in [-0.25, -0.2) is 9.67 Å². The van der Waals surface area contributed by atoms with E-state index in [2.05, 4.69) is 15.4 Å². The van der Waals surface area contributed by atoms with E-state index in [9.17, 15) is 9.59 Å². The summed E-state index contributed by atoms with van der Waals surface area (Å²) in [5.41, 5.74) is 3.67. The first-order chi connectivity index (χ1) is 13.9. The number of hydrogen-bond acceptors (Lipinski definition) is 5. The number of carbonyl (C=O) groups excluding carboxylic acids is 1. The Hall–Kier alpha value is -3.26. The molecule has 0 saturated carbocycles. The normalized spacial score (nSPS) is 12.3. The topological polar surface area (TPSA) is 81.8 Å². The second-order valence-electron chi connectivity index (χ2n) is 7.03. The minimum absolute atomic E-state index is 0.245. The zero-order valence-corrected chi connectivity index (χ0v) is 17.4. The van der Waals surface area contributed by atoms with Gasteiger partial charge in [-0.2, -0.15) is 5.10 Å². The SMILES string of the molecule is Cc1csc(NC(=O)[C@H](C)n2c(=O)cc(C)c3c(C)nn(-c4ccccc4)c32)n1. The van der Waals surface area contributed by atoms with Crippen molar-refractivity contribution in [3.05, 3.63) is 69.1 Å². The lowest BCUT2D eigenvalue weighted by Crippen LogP contribution is -2.32. The number of aromatic nitrogens is 4. The molecule has 0 spiro atoms. The number of carbonyl (C=O) groups is 1. The fourth-order valence-electron chi connectivity index (χ4n) is 3.49. The van der Waals surface area contributed by atoms with Gasteiger partial charge in [-0.3, -0.25) is 14.2 Å². The van der Waals surface area contributed by atoms with Gasteiger partial charge < -0.3 is 5.32 Å². The van der Waals surface area contributed by atoms with Gasteiger partial charge in [0.2, 0.25) is 5.91 Å². The highest BCUT2D eigenvalue weighted by atomic mass is 32.1. The second-order valence-corrected chi connectivity index (χ2v) is 7.88. The van der Waals surface area contributed by atoms with Crippen LogP contribution in [0, 0.1) is 20.8 Å². The molecule has 3 aromatic heterocycles. The van der Waals surface area contributed by atoms with Gasteiger partial charge in [0.15, 0.2) is 5.13 Å². The average Bonchev–Trinajstić information content (AvgIpc) is 3.25. The molecule has 0 aliphatic carbocycles. The maximum absolute atomic E-state index is 13.0. The van der Waals surface area contributed by atoms with Crippen molar-refractivity contribution in [3.8, 4) is 5.69 Å². The molecule has 8 heteroatoms. The van der Waals surface area contributed by atoms with Gasteiger partial charge in [0.1, 0.15) is 11.7 Å². The number of hydrogen-bond donors (Lipinski definition) is 1. The van der Waals surface area contributed by atoms with Crippen LogP contribution in [0.15, 0.2) is 46.6 Å². The van der Waals surface area contributed by atoms with Crippen LogP contribution in [0.1, 0.15) is 29.9 Å². The molecule has 0 bridgehead atoms. The third kappa shape index (κ3) is 3.36. The first-order valence-corrected chi connectivity index (χ1v) is 10.1. The molecule has 4 rings (SSSR count). The van der Waals surface area contributed by atoms with Gasteiger partial charge in [-0.05, 0) is 45.4 Å². The summed E-state index contributed by atoms with van der Waals surface area (Å²) in [7, 11) is 0. The lowest BCUT2D eigenvalue weighted by Gasteiger charge is -2.18. The standard InChI is InChI=1S/C21H21N5O2S/c1-12-10-17(27)25(15(4)19(28)23-21-22-13(2)11-29-21)20-18(12)14(3)24-26(20)16-8-6-5-7-9-16/h5-11,15H,1-4H3,(H,22,23,28)/t15-/m0/s1. The Labute approximate surface area is 171 Å². The Balaban J connectivity index is 1.89. The van der Waals surface area contributed by atoms with Crippen LogP contribution in [0.4, 0.5) is 5.13 Å². The van der Waals surface area contributed by atoms with E-state index in [0.717, 1.165) is 28.0 Å². The fourth-order valence-corrected chi connectivity index (χ4v) is 4.18. The van der Waals surface area contributed by atoms with E-state index < -0.39 is 6.04 Å². The summed E-state index contributed by atoms with van der Waals surface area (Å²) < 4.78 is 3.24. The van der Waals surface area contributed by atoms with E-state index in [1.165, 1.54) is 15.9 Å². The molecule has 148 valence electrons. The summed E-state index contributed by atoms with van der Waals surface area (Å²) in [5, 5.41) is 10.7. The smallest absolute Gasteiger partial charge is 0.253 e. The highest BCUT2D eigenvalue weighted by Gasteiger charge is 2.24. The van der Waals surface area contributed by atoms with E-state index in [1.807, 2.05) is 56.5 Å². The molecular weight excluding hydrogens is 386 g/mol. The van der Waals surface area contributed by atoms with E-state index in [0.29, 0.717) is 10.8 Å². The quantitative estimate of drug-likeness (QED) is 0.558. The van der Waals surface area contributed by atoms with Crippen molar-refractivity contribution in [1.29, 1.82) is 0 Å². The summed E-state index contributed by atoms with van der Waals surface area (Å²) in [4.78, 5) is 30.2. The van der Waals surface area contributed by atoms with Gasteiger partial charge >= 0.3 is 0 Å². The van der Waals surface area contributed by atoms with Gasteiger partial charge in [-0.15, -0.1) is 11.3 Å². The number of fused-ring (bicyclic) bond motifs is 1. The summed E-state index contributed by atoms with van der Waals surface area (Å²) in [6.07, 6.45) is 0. The number of nitrogens with one attached hydrogen (secondary N) is 1. The van der Waals surface area contributed by atoms with E-state index in [-0.39, 0.29) is 11.5 Å². The van der Waals surface area contributed by atoms with E-state index in [1.54, 1.807) is 17.7 Å². The van der Waals surface area contributed by atoms with Crippen molar-refractivity contribution in [2.45, 2.75) is 33.7 Å². The predicted octanol–water partition coefficient (Wildman–Crippen LogP) is 3.77. The van der Waals surface area contributed by atoms with Gasteiger partial charge in [0.05, 0.1) is 17.1 Å². The number of amides is 1. The third-order valence-electron chi connectivity index (χ3n) is 4.85. The number of anilines is 1. The lowest BCUT2D eigenvalue weighted by atomic mass is 10.1. The minimum Gasteiger partial charge on any atom is -0.300 e. The number of rotatable bonds is 4. The van der Waals surface area contributed by atoms with E-state index in [4.69, 9.17) is 0 Å². The molecular formula is C21H21N5O2S. The molecule has 0 aliphatic heterocycles. The highest BCUT2D eigenvalue weighted by Crippen LogP contribution is 2.26. The molecule has 0 saturated heterocycles. The molecule has 3 heterocycles. The van der Waals surface area contributed by atoms with Crippen molar-refractivity contribution in [2.24, 2.45) is 0 Å². The zero-order valence-electron chi connectivity index (χ0n) is 16.6. The number of thiazole rings is 1. The number of para-hydroxylation sites is 1. The number of pyridine rings is 1. The maximum Gasteiger partial charge on any atom is 0.253 e. The molecule has 0 fully saturated rings. The Morgan fingerprint density at radius 1 is 1.17 bits per heavy atom. The van der Waals surface area contributed by atoms with Crippen LogP contribution in [0.5, 0.6) is 0 Å². The highest BCUT2D eigenvalue weighted by molar-refractivity contribution is 7.13. The average molecular weight is 407 g/mol. The van der Waals surface area contributed by atoms with E-state index >= 15 is 0 Å². The van der Waals surface area contributed by atoms with Crippen molar-refractivity contribution < 1.29 is 4.79 Å². The largest absolute Gasteiger partial charge is 0.300 e. The Morgan fingerprint density at radius 2 is 1.90 bits per heavy atom. The van der Waals surface area contributed by atoms with Crippen LogP contribution in [0.3, 0.4) is 0 Å². The second kappa shape index (κ2) is 7.29. The molecule has 4 aromatic rings. The van der Waals surface area contributed by atoms with Crippen LogP contribution in [0.25, 0.3) is 16.7 Å².